The van der Waals surface area contributed by atoms with E-state index in [4.69, 9.17) is 5.11 Å². The Hall–Kier alpha value is -2.69. The SMILES string of the molecule is O=C(O)c1ccc2nc(-c3ccccc3)cn2n1. The number of aromatic carboxylic acids is 1. The Morgan fingerprint density at radius 3 is 2.61 bits per heavy atom. The van der Waals surface area contributed by atoms with Gasteiger partial charge in [-0.3, -0.25) is 0 Å². The first kappa shape index (κ1) is 10.5. The van der Waals surface area contributed by atoms with E-state index in [0.29, 0.717) is 5.65 Å². The van der Waals surface area contributed by atoms with Gasteiger partial charge in [0, 0.05) is 5.56 Å². The molecule has 3 rings (SSSR count). The molecule has 0 saturated carbocycles. The molecule has 0 spiro atoms. The molecule has 0 amide bonds. The zero-order chi connectivity index (χ0) is 12.5. The lowest BCUT2D eigenvalue weighted by atomic mass is 10.2. The standard InChI is InChI=1S/C13H9N3O2/c17-13(18)10-6-7-12-14-11(8-16(12)15-10)9-4-2-1-3-5-9/h1-8H,(H,17,18). The monoisotopic (exact) mass is 239 g/mol. The first-order chi connectivity index (χ1) is 8.74. The molecule has 0 atom stereocenters. The predicted molar refractivity (Wildman–Crippen MR) is 65.4 cm³/mol. The van der Waals surface area contributed by atoms with Gasteiger partial charge in [-0.15, -0.1) is 0 Å². The molecule has 88 valence electrons. The molecular formula is C13H9N3O2. The number of carbonyl (C=O) groups is 1. The summed E-state index contributed by atoms with van der Waals surface area (Å²) in [6.45, 7) is 0. The minimum absolute atomic E-state index is 0.000452. The van der Waals surface area contributed by atoms with Gasteiger partial charge in [0.2, 0.25) is 0 Å². The van der Waals surface area contributed by atoms with Gasteiger partial charge in [-0.2, -0.15) is 5.10 Å². The van der Waals surface area contributed by atoms with E-state index >= 15 is 0 Å². The lowest BCUT2D eigenvalue weighted by molar-refractivity contribution is 0.0689. The van der Waals surface area contributed by atoms with Crippen LogP contribution in [-0.2, 0) is 0 Å². The average Bonchev–Trinajstić information content (AvgIpc) is 2.82. The number of benzene rings is 1. The topological polar surface area (TPSA) is 67.5 Å². The second-order valence-corrected chi connectivity index (χ2v) is 3.82. The molecule has 18 heavy (non-hydrogen) atoms. The van der Waals surface area contributed by atoms with Gasteiger partial charge in [0.1, 0.15) is 0 Å². The summed E-state index contributed by atoms with van der Waals surface area (Å²) in [4.78, 5) is 15.2. The van der Waals surface area contributed by atoms with Crippen LogP contribution in [0.1, 0.15) is 10.5 Å². The molecule has 0 aliphatic carbocycles. The quantitative estimate of drug-likeness (QED) is 0.743. The summed E-state index contributed by atoms with van der Waals surface area (Å²) in [6.07, 6.45) is 1.72. The van der Waals surface area contributed by atoms with Crippen LogP contribution in [0.15, 0.2) is 48.7 Å². The largest absolute Gasteiger partial charge is 0.476 e. The third kappa shape index (κ3) is 1.71. The van der Waals surface area contributed by atoms with Crippen LogP contribution in [0.3, 0.4) is 0 Å². The van der Waals surface area contributed by atoms with Crippen LogP contribution in [0, 0.1) is 0 Å². The van der Waals surface area contributed by atoms with Crippen molar-refractivity contribution >= 4 is 11.6 Å². The number of nitrogens with zero attached hydrogens (tertiary/aromatic N) is 3. The van der Waals surface area contributed by atoms with Crippen LogP contribution in [0.25, 0.3) is 16.9 Å². The first-order valence-electron chi connectivity index (χ1n) is 5.39. The van der Waals surface area contributed by atoms with Crippen molar-refractivity contribution in [1.82, 2.24) is 14.6 Å². The van der Waals surface area contributed by atoms with E-state index in [1.807, 2.05) is 30.3 Å². The molecule has 0 saturated heterocycles. The van der Waals surface area contributed by atoms with Gasteiger partial charge in [-0.1, -0.05) is 30.3 Å². The third-order valence-electron chi connectivity index (χ3n) is 2.61. The van der Waals surface area contributed by atoms with E-state index in [2.05, 4.69) is 10.1 Å². The van der Waals surface area contributed by atoms with E-state index in [1.54, 1.807) is 12.3 Å². The maximum Gasteiger partial charge on any atom is 0.356 e. The zero-order valence-electron chi connectivity index (χ0n) is 9.32. The Balaban J connectivity index is 2.14. The predicted octanol–water partition coefficient (Wildman–Crippen LogP) is 2.09. The van der Waals surface area contributed by atoms with E-state index in [1.165, 1.54) is 10.6 Å². The van der Waals surface area contributed by atoms with Crippen LogP contribution < -0.4 is 0 Å². The molecule has 0 radical (unpaired) electrons. The fraction of sp³-hybridized carbons (Fsp3) is 0. The molecule has 3 aromatic rings. The molecular weight excluding hydrogens is 230 g/mol. The number of imidazole rings is 1. The van der Waals surface area contributed by atoms with Crippen molar-refractivity contribution < 1.29 is 9.90 Å². The summed E-state index contributed by atoms with van der Waals surface area (Å²) in [5.41, 5.74) is 2.36. The van der Waals surface area contributed by atoms with Crippen molar-refractivity contribution in [2.75, 3.05) is 0 Å². The Labute approximate surface area is 102 Å². The zero-order valence-corrected chi connectivity index (χ0v) is 9.32. The minimum atomic E-state index is -1.05. The van der Waals surface area contributed by atoms with Gasteiger partial charge < -0.3 is 5.11 Å². The second kappa shape index (κ2) is 3.96. The normalized spacial score (nSPS) is 10.7. The molecule has 5 heteroatoms. The lowest BCUT2D eigenvalue weighted by Gasteiger charge is -1.93. The van der Waals surface area contributed by atoms with E-state index in [9.17, 15) is 4.79 Å². The molecule has 0 bridgehead atoms. The Bertz CT molecular complexity index is 719. The van der Waals surface area contributed by atoms with Gasteiger partial charge in [0.25, 0.3) is 0 Å². The molecule has 0 aliphatic rings. The van der Waals surface area contributed by atoms with Crippen molar-refractivity contribution in [2.24, 2.45) is 0 Å². The molecule has 1 N–H and O–H groups in total. The third-order valence-corrected chi connectivity index (χ3v) is 2.61. The average molecular weight is 239 g/mol. The van der Waals surface area contributed by atoms with Crippen LogP contribution in [0.2, 0.25) is 0 Å². The molecule has 0 unspecified atom stereocenters. The van der Waals surface area contributed by atoms with E-state index < -0.39 is 5.97 Å². The maximum absolute atomic E-state index is 10.8. The Morgan fingerprint density at radius 1 is 1.11 bits per heavy atom. The number of carboxylic acids is 1. The molecule has 5 nitrogen and oxygen atoms in total. The van der Waals surface area contributed by atoms with Crippen molar-refractivity contribution in [1.29, 1.82) is 0 Å². The highest BCUT2D eigenvalue weighted by atomic mass is 16.4. The lowest BCUT2D eigenvalue weighted by Crippen LogP contribution is -2.03. The van der Waals surface area contributed by atoms with Gasteiger partial charge in [-0.05, 0) is 12.1 Å². The molecule has 1 aromatic carbocycles. The highest BCUT2D eigenvalue weighted by molar-refractivity contribution is 5.85. The molecule has 2 heterocycles. The van der Waals surface area contributed by atoms with E-state index in [-0.39, 0.29) is 5.69 Å². The highest BCUT2D eigenvalue weighted by Crippen LogP contribution is 2.18. The van der Waals surface area contributed by atoms with Gasteiger partial charge in [0.05, 0.1) is 11.9 Å². The fourth-order valence-electron chi connectivity index (χ4n) is 1.74. The summed E-state index contributed by atoms with van der Waals surface area (Å²) in [6, 6.07) is 12.8. The van der Waals surface area contributed by atoms with Crippen LogP contribution in [0.4, 0.5) is 0 Å². The summed E-state index contributed by atoms with van der Waals surface area (Å²) in [5.74, 6) is -1.05. The number of hydrogen-bond donors (Lipinski definition) is 1. The number of rotatable bonds is 2. The number of hydrogen-bond acceptors (Lipinski definition) is 3. The van der Waals surface area contributed by atoms with Crippen LogP contribution >= 0.6 is 0 Å². The summed E-state index contributed by atoms with van der Waals surface area (Å²) in [5, 5.41) is 12.8. The number of carboxylic acid groups (broad SMARTS) is 1. The van der Waals surface area contributed by atoms with Crippen LogP contribution in [0.5, 0.6) is 0 Å². The van der Waals surface area contributed by atoms with Crippen molar-refractivity contribution in [2.45, 2.75) is 0 Å². The fourth-order valence-corrected chi connectivity index (χ4v) is 1.74. The van der Waals surface area contributed by atoms with Crippen molar-refractivity contribution in [3.63, 3.8) is 0 Å². The van der Waals surface area contributed by atoms with Crippen molar-refractivity contribution in [3.8, 4) is 11.3 Å². The Morgan fingerprint density at radius 2 is 1.89 bits per heavy atom. The smallest absolute Gasteiger partial charge is 0.356 e. The summed E-state index contributed by atoms with van der Waals surface area (Å²) < 4.78 is 1.48. The summed E-state index contributed by atoms with van der Waals surface area (Å²) >= 11 is 0. The maximum atomic E-state index is 10.8. The molecule has 2 aromatic heterocycles. The molecule has 0 fully saturated rings. The van der Waals surface area contributed by atoms with Gasteiger partial charge >= 0.3 is 5.97 Å². The number of fused-ring (bicyclic) bond motifs is 1. The minimum Gasteiger partial charge on any atom is -0.476 e. The number of aromatic nitrogens is 3. The highest BCUT2D eigenvalue weighted by Gasteiger charge is 2.08. The van der Waals surface area contributed by atoms with E-state index in [0.717, 1.165) is 11.3 Å². The summed E-state index contributed by atoms with van der Waals surface area (Å²) in [7, 11) is 0. The second-order valence-electron chi connectivity index (χ2n) is 3.82. The van der Waals surface area contributed by atoms with Gasteiger partial charge in [0.15, 0.2) is 11.3 Å². The van der Waals surface area contributed by atoms with Crippen molar-refractivity contribution in [3.05, 3.63) is 54.4 Å². The first-order valence-corrected chi connectivity index (χ1v) is 5.39. The van der Waals surface area contributed by atoms with Gasteiger partial charge in [-0.25, -0.2) is 14.3 Å². The molecule has 0 aliphatic heterocycles. The van der Waals surface area contributed by atoms with Crippen LogP contribution in [-0.4, -0.2) is 25.7 Å². The Kier molecular flexibility index (Phi) is 2.30.